The predicted octanol–water partition coefficient (Wildman–Crippen LogP) is 2.18. The van der Waals surface area contributed by atoms with Crippen molar-refractivity contribution in [2.75, 3.05) is 13.2 Å². The van der Waals surface area contributed by atoms with Crippen LogP contribution in [0.5, 0.6) is 0 Å². The number of aliphatic hydroxyl groups is 1. The van der Waals surface area contributed by atoms with Crippen molar-refractivity contribution in [1.82, 2.24) is 19.9 Å². The van der Waals surface area contributed by atoms with Gasteiger partial charge in [-0.05, 0) is 45.6 Å². The molecule has 1 amide bonds. The van der Waals surface area contributed by atoms with E-state index < -0.39 is 0 Å². The highest BCUT2D eigenvalue weighted by atomic mass is 16.3. The van der Waals surface area contributed by atoms with Crippen LogP contribution in [0.15, 0.2) is 6.07 Å². The zero-order valence-corrected chi connectivity index (χ0v) is 14.4. The van der Waals surface area contributed by atoms with E-state index in [1.807, 2.05) is 26.8 Å². The maximum Gasteiger partial charge on any atom is 0.257 e. The van der Waals surface area contributed by atoms with Crippen molar-refractivity contribution in [3.8, 4) is 0 Å². The van der Waals surface area contributed by atoms with Crippen LogP contribution >= 0.6 is 0 Å². The molecule has 2 N–H and O–H groups in total. The number of carbonyl (C=O) groups is 1. The smallest absolute Gasteiger partial charge is 0.257 e. The molecule has 126 valence electrons. The van der Waals surface area contributed by atoms with Crippen molar-refractivity contribution in [3.63, 3.8) is 0 Å². The highest BCUT2D eigenvalue weighted by molar-refractivity contribution is 6.01. The Bertz CT molecular complexity index is 687. The number of aryl methyl sites for hydroxylation is 3. The molecule has 0 saturated heterocycles. The molecule has 6 heteroatoms. The van der Waals surface area contributed by atoms with Gasteiger partial charge in [0.15, 0.2) is 5.65 Å². The number of carbonyl (C=O) groups excluding carboxylic acids is 1. The minimum atomic E-state index is -0.144. The van der Waals surface area contributed by atoms with Gasteiger partial charge < -0.3 is 10.4 Å². The number of nitrogens with one attached hydrogen (secondary N) is 1. The SMILES string of the molecule is CCCC(CCO)CNC(=O)c1c(C)nn2c(C)cc(C)nc12. The van der Waals surface area contributed by atoms with Crippen molar-refractivity contribution in [2.45, 2.75) is 47.0 Å². The molecular weight excluding hydrogens is 292 g/mol. The third-order valence-electron chi connectivity index (χ3n) is 4.08. The first-order valence-electron chi connectivity index (χ1n) is 8.20. The monoisotopic (exact) mass is 318 g/mol. The highest BCUT2D eigenvalue weighted by Crippen LogP contribution is 2.17. The Hall–Kier alpha value is -1.95. The van der Waals surface area contributed by atoms with Crippen molar-refractivity contribution in [3.05, 3.63) is 28.7 Å². The van der Waals surface area contributed by atoms with E-state index in [2.05, 4.69) is 22.3 Å². The van der Waals surface area contributed by atoms with Gasteiger partial charge in [-0.25, -0.2) is 9.50 Å². The summed E-state index contributed by atoms with van der Waals surface area (Å²) in [6.07, 6.45) is 2.74. The Morgan fingerprint density at radius 2 is 2.09 bits per heavy atom. The van der Waals surface area contributed by atoms with Gasteiger partial charge in [-0.2, -0.15) is 5.10 Å². The molecule has 0 aliphatic carbocycles. The van der Waals surface area contributed by atoms with Gasteiger partial charge in [0.1, 0.15) is 5.56 Å². The van der Waals surface area contributed by atoms with Gasteiger partial charge in [0.2, 0.25) is 0 Å². The summed E-state index contributed by atoms with van der Waals surface area (Å²) in [6.45, 7) is 8.52. The highest BCUT2D eigenvalue weighted by Gasteiger charge is 2.20. The van der Waals surface area contributed by atoms with Gasteiger partial charge in [0, 0.05) is 24.5 Å². The average Bonchev–Trinajstić information content (AvgIpc) is 2.81. The van der Waals surface area contributed by atoms with E-state index in [1.165, 1.54) is 0 Å². The minimum Gasteiger partial charge on any atom is -0.396 e. The van der Waals surface area contributed by atoms with Gasteiger partial charge in [-0.1, -0.05) is 13.3 Å². The Morgan fingerprint density at radius 1 is 1.35 bits per heavy atom. The van der Waals surface area contributed by atoms with E-state index >= 15 is 0 Å². The second-order valence-electron chi connectivity index (χ2n) is 6.11. The second-order valence-corrected chi connectivity index (χ2v) is 6.11. The summed E-state index contributed by atoms with van der Waals surface area (Å²) >= 11 is 0. The van der Waals surface area contributed by atoms with Gasteiger partial charge in [-0.15, -0.1) is 0 Å². The summed E-state index contributed by atoms with van der Waals surface area (Å²) in [6, 6.07) is 1.94. The maximum absolute atomic E-state index is 12.6. The molecule has 23 heavy (non-hydrogen) atoms. The fourth-order valence-corrected chi connectivity index (χ4v) is 2.96. The van der Waals surface area contributed by atoms with Crippen LogP contribution < -0.4 is 5.32 Å². The molecule has 1 atom stereocenters. The van der Waals surface area contributed by atoms with Crippen LogP contribution in [0.1, 0.15) is 53.6 Å². The van der Waals surface area contributed by atoms with Gasteiger partial charge >= 0.3 is 0 Å². The van der Waals surface area contributed by atoms with E-state index in [9.17, 15) is 4.79 Å². The molecule has 6 nitrogen and oxygen atoms in total. The number of rotatable bonds is 7. The Balaban J connectivity index is 2.22. The number of aliphatic hydroxyl groups excluding tert-OH is 1. The minimum absolute atomic E-state index is 0.144. The van der Waals surface area contributed by atoms with Crippen LogP contribution in [-0.2, 0) is 0 Å². The van der Waals surface area contributed by atoms with Crippen LogP contribution in [0.3, 0.4) is 0 Å². The van der Waals surface area contributed by atoms with Gasteiger partial charge in [0.05, 0.1) is 5.69 Å². The van der Waals surface area contributed by atoms with Crippen LogP contribution in [-0.4, -0.2) is 38.8 Å². The fourth-order valence-electron chi connectivity index (χ4n) is 2.96. The molecule has 0 bridgehead atoms. The molecule has 2 aromatic rings. The molecule has 0 saturated carbocycles. The van der Waals surface area contributed by atoms with Crippen LogP contribution in [0, 0.1) is 26.7 Å². The predicted molar refractivity (Wildman–Crippen MR) is 89.6 cm³/mol. The number of amides is 1. The molecule has 2 rings (SSSR count). The Labute approximate surface area is 136 Å². The lowest BCUT2D eigenvalue weighted by atomic mass is 10.00. The topological polar surface area (TPSA) is 79.5 Å². The lowest BCUT2D eigenvalue weighted by Gasteiger charge is -2.15. The summed E-state index contributed by atoms with van der Waals surface area (Å²) in [5, 5.41) is 16.5. The number of fused-ring (bicyclic) bond motifs is 1. The first-order valence-corrected chi connectivity index (χ1v) is 8.20. The lowest BCUT2D eigenvalue weighted by molar-refractivity contribution is 0.0943. The van der Waals surface area contributed by atoms with Crippen molar-refractivity contribution >= 4 is 11.6 Å². The first kappa shape index (κ1) is 17.4. The molecule has 0 fully saturated rings. The summed E-state index contributed by atoms with van der Waals surface area (Å²) in [5.74, 6) is 0.154. The normalized spacial score (nSPS) is 12.6. The molecule has 0 aromatic carbocycles. The average molecular weight is 318 g/mol. The summed E-state index contributed by atoms with van der Waals surface area (Å²) in [5.41, 5.74) is 3.65. The Morgan fingerprint density at radius 3 is 2.74 bits per heavy atom. The summed E-state index contributed by atoms with van der Waals surface area (Å²) < 4.78 is 1.72. The molecular formula is C17H26N4O2. The quantitative estimate of drug-likeness (QED) is 0.820. The molecule has 2 aromatic heterocycles. The second kappa shape index (κ2) is 7.55. The van der Waals surface area contributed by atoms with Crippen LogP contribution in [0.2, 0.25) is 0 Å². The standard InChI is InChI=1S/C17H26N4O2/c1-5-6-14(7-8-22)10-18-17(23)15-13(4)20-21-12(3)9-11(2)19-16(15)21/h9,14,22H,5-8,10H2,1-4H3,(H,18,23). The maximum atomic E-state index is 12.6. The van der Waals surface area contributed by atoms with E-state index in [0.717, 1.165) is 24.2 Å². The zero-order valence-electron chi connectivity index (χ0n) is 14.4. The molecule has 0 aliphatic heterocycles. The molecule has 0 aliphatic rings. The number of hydrogen-bond donors (Lipinski definition) is 2. The molecule has 0 radical (unpaired) electrons. The fraction of sp³-hybridized carbons (Fsp3) is 0.588. The van der Waals surface area contributed by atoms with Crippen molar-refractivity contribution < 1.29 is 9.90 Å². The van der Waals surface area contributed by atoms with Crippen LogP contribution in [0.25, 0.3) is 5.65 Å². The number of hydrogen-bond acceptors (Lipinski definition) is 4. The van der Waals surface area contributed by atoms with E-state index in [1.54, 1.807) is 4.52 Å². The third-order valence-corrected chi connectivity index (χ3v) is 4.08. The van der Waals surface area contributed by atoms with Crippen molar-refractivity contribution in [1.29, 1.82) is 0 Å². The lowest BCUT2D eigenvalue weighted by Crippen LogP contribution is -2.30. The summed E-state index contributed by atoms with van der Waals surface area (Å²) in [4.78, 5) is 17.1. The molecule has 1 unspecified atom stereocenters. The van der Waals surface area contributed by atoms with Crippen molar-refractivity contribution in [2.24, 2.45) is 5.92 Å². The number of aromatic nitrogens is 3. The van der Waals surface area contributed by atoms with E-state index in [-0.39, 0.29) is 12.5 Å². The van der Waals surface area contributed by atoms with E-state index in [4.69, 9.17) is 5.11 Å². The Kier molecular flexibility index (Phi) is 5.71. The summed E-state index contributed by atoms with van der Waals surface area (Å²) in [7, 11) is 0. The van der Waals surface area contributed by atoms with Gasteiger partial charge in [-0.3, -0.25) is 4.79 Å². The first-order chi connectivity index (χ1) is 11.0. The molecule has 2 heterocycles. The third kappa shape index (κ3) is 3.88. The largest absolute Gasteiger partial charge is 0.396 e. The zero-order chi connectivity index (χ0) is 17.0. The van der Waals surface area contributed by atoms with E-state index in [0.29, 0.717) is 35.8 Å². The number of nitrogens with zero attached hydrogens (tertiary/aromatic N) is 3. The van der Waals surface area contributed by atoms with Gasteiger partial charge in [0.25, 0.3) is 5.91 Å². The molecule has 0 spiro atoms. The van der Waals surface area contributed by atoms with Crippen LogP contribution in [0.4, 0.5) is 0 Å².